The first-order chi connectivity index (χ1) is 9.86. The Balaban J connectivity index is 2.58. The van der Waals surface area contributed by atoms with Crippen LogP contribution in [0.4, 0.5) is 0 Å². The van der Waals surface area contributed by atoms with Gasteiger partial charge in [-0.1, -0.05) is 24.6 Å². The van der Waals surface area contributed by atoms with Gasteiger partial charge in [-0.15, -0.1) is 0 Å². The van der Waals surface area contributed by atoms with Crippen LogP contribution in [0.2, 0.25) is 5.02 Å². The van der Waals surface area contributed by atoms with Crippen LogP contribution in [0.15, 0.2) is 23.1 Å². The van der Waals surface area contributed by atoms with E-state index in [1.807, 2.05) is 6.92 Å². The average molecular weight is 333 g/mol. The van der Waals surface area contributed by atoms with Crippen molar-refractivity contribution in [2.75, 3.05) is 19.3 Å². The number of sulfone groups is 1. The van der Waals surface area contributed by atoms with Crippen molar-refractivity contribution in [1.29, 1.82) is 0 Å². The van der Waals surface area contributed by atoms with E-state index in [1.165, 1.54) is 6.07 Å². The van der Waals surface area contributed by atoms with Gasteiger partial charge in [-0.05, 0) is 18.6 Å². The van der Waals surface area contributed by atoms with Gasteiger partial charge in [0.15, 0.2) is 9.84 Å². The lowest BCUT2D eigenvalue weighted by atomic mass is 10.2. The van der Waals surface area contributed by atoms with Crippen LogP contribution in [0.1, 0.15) is 25.3 Å². The molecule has 0 aliphatic heterocycles. The number of halogens is 1. The van der Waals surface area contributed by atoms with Crippen LogP contribution in [0, 0.1) is 0 Å². The largest absolute Gasteiger partial charge is 0.356 e. The second kappa shape index (κ2) is 8.36. The Morgan fingerprint density at radius 2 is 2.00 bits per heavy atom. The molecule has 2 N–H and O–H groups in total. The minimum absolute atomic E-state index is 0.0214. The zero-order chi connectivity index (χ0) is 15.9. The maximum Gasteiger partial charge on any atom is 0.221 e. The number of nitrogens with one attached hydrogen (secondary N) is 2. The molecule has 0 atom stereocenters. The van der Waals surface area contributed by atoms with Crippen molar-refractivity contribution in [3.05, 3.63) is 28.8 Å². The Morgan fingerprint density at radius 3 is 2.62 bits per heavy atom. The number of hydrogen-bond acceptors (Lipinski definition) is 4. The molecule has 0 fully saturated rings. The van der Waals surface area contributed by atoms with Crippen molar-refractivity contribution >= 4 is 27.3 Å². The molecule has 0 radical (unpaired) electrons. The Kier molecular flexibility index (Phi) is 7.14. The number of rotatable bonds is 8. The maximum absolute atomic E-state index is 11.7. The molecular weight excluding hydrogens is 312 g/mol. The van der Waals surface area contributed by atoms with Gasteiger partial charge in [-0.25, -0.2) is 8.42 Å². The van der Waals surface area contributed by atoms with E-state index in [2.05, 4.69) is 10.6 Å². The van der Waals surface area contributed by atoms with E-state index in [-0.39, 0.29) is 10.8 Å². The van der Waals surface area contributed by atoms with Crippen LogP contribution in [-0.4, -0.2) is 33.7 Å². The van der Waals surface area contributed by atoms with Gasteiger partial charge in [-0.2, -0.15) is 0 Å². The Morgan fingerprint density at radius 1 is 1.29 bits per heavy atom. The molecule has 0 saturated carbocycles. The van der Waals surface area contributed by atoms with E-state index in [4.69, 9.17) is 11.6 Å². The third-order valence-corrected chi connectivity index (χ3v) is 4.41. The molecule has 0 bridgehead atoms. The zero-order valence-electron chi connectivity index (χ0n) is 12.3. The normalized spacial score (nSPS) is 11.4. The molecule has 0 aliphatic rings. The van der Waals surface area contributed by atoms with Crippen molar-refractivity contribution in [2.24, 2.45) is 0 Å². The van der Waals surface area contributed by atoms with Crippen LogP contribution < -0.4 is 10.6 Å². The van der Waals surface area contributed by atoms with Gasteiger partial charge < -0.3 is 10.6 Å². The lowest BCUT2D eigenvalue weighted by Crippen LogP contribution is -2.28. The number of carbonyl (C=O) groups is 1. The number of amides is 1. The summed E-state index contributed by atoms with van der Waals surface area (Å²) in [6.07, 6.45) is 2.40. The fourth-order valence-corrected chi connectivity index (χ4v) is 3.08. The summed E-state index contributed by atoms with van der Waals surface area (Å²) in [4.78, 5) is 11.7. The highest BCUT2D eigenvalue weighted by atomic mass is 35.5. The Bertz CT molecular complexity index is 588. The molecule has 1 aromatic rings. The summed E-state index contributed by atoms with van der Waals surface area (Å²) in [6.45, 7) is 3.43. The Labute approximate surface area is 131 Å². The second-order valence-corrected chi connectivity index (χ2v) is 7.16. The third kappa shape index (κ3) is 6.03. The van der Waals surface area contributed by atoms with Crippen molar-refractivity contribution in [1.82, 2.24) is 10.6 Å². The van der Waals surface area contributed by atoms with Crippen molar-refractivity contribution in [3.63, 3.8) is 0 Å². The van der Waals surface area contributed by atoms with E-state index in [1.54, 1.807) is 12.1 Å². The summed E-state index contributed by atoms with van der Waals surface area (Å²) in [7, 11) is -3.33. The molecule has 21 heavy (non-hydrogen) atoms. The average Bonchev–Trinajstić information content (AvgIpc) is 2.41. The highest BCUT2D eigenvalue weighted by molar-refractivity contribution is 7.90. The van der Waals surface area contributed by atoms with Gasteiger partial charge in [0.25, 0.3) is 0 Å². The molecule has 0 heterocycles. The summed E-state index contributed by atoms with van der Waals surface area (Å²) < 4.78 is 23.4. The predicted octanol–water partition coefficient (Wildman–Crippen LogP) is 1.75. The Hall–Kier alpha value is -1.11. The fraction of sp³-hybridized carbons (Fsp3) is 0.500. The van der Waals surface area contributed by atoms with Crippen LogP contribution in [0.25, 0.3) is 0 Å². The zero-order valence-corrected chi connectivity index (χ0v) is 13.9. The first kappa shape index (κ1) is 17.9. The minimum atomic E-state index is -3.33. The van der Waals surface area contributed by atoms with Gasteiger partial charge in [0.1, 0.15) is 0 Å². The molecule has 1 rings (SSSR count). The highest BCUT2D eigenvalue weighted by Crippen LogP contribution is 2.23. The summed E-state index contributed by atoms with van der Waals surface area (Å²) in [5.74, 6) is -0.0214. The molecular formula is C14H21ClN2O3S. The highest BCUT2D eigenvalue weighted by Gasteiger charge is 2.15. The summed E-state index contributed by atoms with van der Waals surface area (Å²) >= 11 is 6.06. The fourth-order valence-electron chi connectivity index (χ4n) is 1.83. The van der Waals surface area contributed by atoms with Crippen molar-refractivity contribution in [2.45, 2.75) is 31.2 Å². The predicted molar refractivity (Wildman–Crippen MR) is 84.2 cm³/mol. The lowest BCUT2D eigenvalue weighted by Gasteiger charge is -2.11. The van der Waals surface area contributed by atoms with Crippen LogP contribution in [-0.2, 0) is 21.2 Å². The van der Waals surface area contributed by atoms with Gasteiger partial charge in [0, 0.05) is 42.9 Å². The first-order valence-corrected chi connectivity index (χ1v) is 9.08. The summed E-state index contributed by atoms with van der Waals surface area (Å²) in [6, 6.07) is 4.80. The van der Waals surface area contributed by atoms with Gasteiger partial charge in [0.2, 0.25) is 5.91 Å². The minimum Gasteiger partial charge on any atom is -0.356 e. The molecule has 0 saturated heterocycles. The lowest BCUT2D eigenvalue weighted by molar-refractivity contribution is -0.120. The SMILES string of the molecule is CCCNC(=O)CCNCc1c(Cl)cccc1S(C)(=O)=O. The van der Waals surface area contributed by atoms with E-state index >= 15 is 0 Å². The first-order valence-electron chi connectivity index (χ1n) is 6.81. The van der Waals surface area contributed by atoms with Gasteiger partial charge in [-0.3, -0.25) is 4.79 Å². The molecule has 0 aliphatic carbocycles. The van der Waals surface area contributed by atoms with E-state index in [0.717, 1.165) is 12.7 Å². The van der Waals surface area contributed by atoms with Crippen LogP contribution in [0.3, 0.4) is 0 Å². The summed E-state index contributed by atoms with van der Waals surface area (Å²) in [5.41, 5.74) is 0.538. The van der Waals surface area contributed by atoms with E-state index < -0.39 is 9.84 Å². The number of hydrogen-bond donors (Lipinski definition) is 2. The van der Waals surface area contributed by atoms with Crippen LogP contribution in [0.5, 0.6) is 0 Å². The molecule has 0 spiro atoms. The molecule has 5 nitrogen and oxygen atoms in total. The van der Waals surface area contributed by atoms with Crippen molar-refractivity contribution in [3.8, 4) is 0 Å². The number of benzene rings is 1. The standard InChI is InChI=1S/C14H21ClN2O3S/c1-3-8-17-14(18)7-9-16-10-11-12(15)5-4-6-13(11)21(2,19)20/h4-6,16H,3,7-10H2,1-2H3,(H,17,18). The molecule has 1 amide bonds. The van der Waals surface area contributed by atoms with E-state index in [9.17, 15) is 13.2 Å². The molecule has 0 aromatic heterocycles. The van der Waals surface area contributed by atoms with Crippen LogP contribution >= 0.6 is 11.6 Å². The molecule has 1 aromatic carbocycles. The van der Waals surface area contributed by atoms with Gasteiger partial charge >= 0.3 is 0 Å². The van der Waals surface area contributed by atoms with E-state index in [0.29, 0.717) is 36.6 Å². The molecule has 7 heteroatoms. The molecule has 0 unspecified atom stereocenters. The van der Waals surface area contributed by atoms with Crippen molar-refractivity contribution < 1.29 is 13.2 Å². The monoisotopic (exact) mass is 332 g/mol. The second-order valence-electron chi connectivity index (χ2n) is 4.77. The molecule has 118 valence electrons. The maximum atomic E-state index is 11.7. The number of carbonyl (C=O) groups excluding carboxylic acids is 1. The third-order valence-electron chi connectivity index (χ3n) is 2.88. The summed E-state index contributed by atoms with van der Waals surface area (Å²) in [5, 5.41) is 6.23. The van der Waals surface area contributed by atoms with Gasteiger partial charge in [0.05, 0.1) is 4.90 Å². The quantitative estimate of drug-likeness (QED) is 0.711. The smallest absolute Gasteiger partial charge is 0.221 e. The topological polar surface area (TPSA) is 75.3 Å².